The van der Waals surface area contributed by atoms with E-state index in [2.05, 4.69) is 10.3 Å². The number of thioether (sulfide) groups is 1. The minimum atomic E-state index is -0.422. The Bertz CT molecular complexity index is 624. The fourth-order valence-electron chi connectivity index (χ4n) is 2.31. The summed E-state index contributed by atoms with van der Waals surface area (Å²) in [7, 11) is 1.35. The number of benzene rings is 1. The predicted octanol–water partition coefficient (Wildman–Crippen LogP) is 3.06. The van der Waals surface area contributed by atoms with Crippen LogP contribution in [0, 0.1) is 11.7 Å². The normalized spacial score (nSPS) is 18.1. The van der Waals surface area contributed by atoms with E-state index in [1.165, 1.54) is 31.0 Å². The average Bonchev–Trinajstić information content (AvgIpc) is 2.53. The van der Waals surface area contributed by atoms with Crippen molar-refractivity contribution in [2.45, 2.75) is 19.9 Å². The van der Waals surface area contributed by atoms with Crippen molar-refractivity contribution in [3.8, 4) is 0 Å². The smallest absolute Gasteiger partial charge is 0.338 e. The van der Waals surface area contributed by atoms with Gasteiger partial charge in [-0.15, -0.1) is 0 Å². The number of esters is 1. The minimum Gasteiger partial charge on any atom is -0.466 e. The summed E-state index contributed by atoms with van der Waals surface area (Å²) >= 11 is 1.47. The van der Waals surface area contributed by atoms with Crippen molar-refractivity contribution in [3.05, 3.63) is 41.2 Å². The third kappa shape index (κ3) is 3.32. The number of methoxy groups -OCH3 is 1. The highest BCUT2D eigenvalue weighted by Crippen LogP contribution is 2.30. The Morgan fingerprint density at radius 3 is 2.50 bits per heavy atom. The molecule has 1 unspecified atom stereocenters. The van der Waals surface area contributed by atoms with Gasteiger partial charge in [-0.05, 0) is 42.0 Å². The third-order valence-electron chi connectivity index (χ3n) is 3.42. The van der Waals surface area contributed by atoms with Crippen molar-refractivity contribution in [1.29, 1.82) is 0 Å². The second-order valence-electron chi connectivity index (χ2n) is 5.24. The number of rotatable bonds is 3. The molecule has 22 heavy (non-hydrogen) atoms. The average molecular weight is 322 g/mol. The molecule has 0 spiro atoms. The lowest BCUT2D eigenvalue weighted by molar-refractivity contribution is -0.136. The van der Waals surface area contributed by atoms with Crippen molar-refractivity contribution >= 4 is 28.6 Å². The predicted molar refractivity (Wildman–Crippen MR) is 88.0 cm³/mol. The van der Waals surface area contributed by atoms with Gasteiger partial charge in [-0.2, -0.15) is 0 Å². The Kier molecular flexibility index (Phi) is 5.24. The molecule has 1 atom stereocenters. The Balaban J connectivity index is 2.59. The maximum Gasteiger partial charge on any atom is 0.338 e. The van der Waals surface area contributed by atoms with Gasteiger partial charge in [-0.3, -0.25) is 4.99 Å². The first kappa shape index (κ1) is 16.5. The van der Waals surface area contributed by atoms with Gasteiger partial charge in [0.1, 0.15) is 5.82 Å². The summed E-state index contributed by atoms with van der Waals surface area (Å²) in [5.41, 5.74) is 1.83. The number of carbonyl (C=O) groups is 1. The van der Waals surface area contributed by atoms with Gasteiger partial charge in [-0.1, -0.05) is 25.6 Å². The summed E-state index contributed by atoms with van der Waals surface area (Å²) in [6, 6.07) is 5.72. The number of carbonyl (C=O) groups excluding carboxylic acids is 1. The maximum atomic E-state index is 13.2. The lowest BCUT2D eigenvalue weighted by atomic mass is 9.91. The van der Waals surface area contributed by atoms with Crippen molar-refractivity contribution in [3.63, 3.8) is 0 Å². The van der Waals surface area contributed by atoms with Crippen LogP contribution in [-0.2, 0) is 9.53 Å². The van der Waals surface area contributed by atoms with E-state index in [1.807, 2.05) is 20.1 Å². The number of hydrogen-bond acceptors (Lipinski definition) is 5. The minimum absolute atomic E-state index is 0.133. The second kappa shape index (κ2) is 6.96. The second-order valence-corrected chi connectivity index (χ2v) is 6.03. The first-order valence-electron chi connectivity index (χ1n) is 6.95. The van der Waals surface area contributed by atoms with Crippen LogP contribution in [0.5, 0.6) is 0 Å². The van der Waals surface area contributed by atoms with Gasteiger partial charge in [0.15, 0.2) is 5.17 Å². The molecule has 1 aromatic rings. The highest BCUT2D eigenvalue weighted by molar-refractivity contribution is 8.13. The van der Waals surface area contributed by atoms with Gasteiger partial charge in [-0.25, -0.2) is 9.18 Å². The summed E-state index contributed by atoms with van der Waals surface area (Å²) in [6.07, 6.45) is 1.91. The Hall–Kier alpha value is -1.82. The molecule has 1 aromatic carbocycles. The monoisotopic (exact) mass is 322 g/mol. The molecule has 0 radical (unpaired) electrons. The van der Waals surface area contributed by atoms with Crippen LogP contribution < -0.4 is 5.32 Å². The van der Waals surface area contributed by atoms with Crippen molar-refractivity contribution in [2.75, 3.05) is 13.4 Å². The first-order chi connectivity index (χ1) is 10.5. The number of aliphatic imine (C=N–C) groups is 1. The van der Waals surface area contributed by atoms with Gasteiger partial charge in [0.2, 0.25) is 0 Å². The number of nitrogens with one attached hydrogen (secondary N) is 1. The molecule has 118 valence electrons. The van der Waals surface area contributed by atoms with Gasteiger partial charge < -0.3 is 10.1 Å². The molecule has 0 aromatic heterocycles. The molecular formula is C16H19FN2O2S. The van der Waals surface area contributed by atoms with E-state index in [1.54, 1.807) is 12.1 Å². The topological polar surface area (TPSA) is 50.7 Å². The maximum absolute atomic E-state index is 13.2. The molecule has 0 bridgehead atoms. The number of amidine groups is 1. The van der Waals surface area contributed by atoms with Crippen LogP contribution in [0.15, 0.2) is 34.8 Å². The Morgan fingerprint density at radius 1 is 1.36 bits per heavy atom. The lowest BCUT2D eigenvalue weighted by Gasteiger charge is -2.28. The van der Waals surface area contributed by atoms with E-state index in [0.29, 0.717) is 11.3 Å². The molecule has 6 heteroatoms. The standard InChI is InChI=1S/C16H19FN2O2S/c1-9(2)13-12(15(20)21-3)14(19-16(18-13)22-4)10-5-7-11(17)8-6-10/h5-9,13H,1-4H3,(H,18,19). The van der Waals surface area contributed by atoms with Gasteiger partial charge in [0.05, 0.1) is 24.4 Å². The number of hydrogen-bond donors (Lipinski definition) is 1. The fourth-order valence-corrected chi connectivity index (χ4v) is 2.73. The summed E-state index contributed by atoms with van der Waals surface area (Å²) in [4.78, 5) is 16.8. The van der Waals surface area contributed by atoms with Crippen molar-refractivity contribution < 1.29 is 13.9 Å². The molecule has 1 aliphatic rings. The van der Waals surface area contributed by atoms with Gasteiger partial charge in [0.25, 0.3) is 0 Å². The van der Waals surface area contributed by atoms with Crippen LogP contribution in [0.4, 0.5) is 4.39 Å². The first-order valence-corrected chi connectivity index (χ1v) is 8.17. The molecule has 2 rings (SSSR count). The number of nitrogens with zero attached hydrogens (tertiary/aromatic N) is 1. The molecule has 0 aliphatic carbocycles. The molecule has 4 nitrogen and oxygen atoms in total. The number of halogens is 1. The quantitative estimate of drug-likeness (QED) is 0.869. The lowest BCUT2D eigenvalue weighted by Crippen LogP contribution is -2.36. The molecule has 0 fully saturated rings. The third-order valence-corrected chi connectivity index (χ3v) is 4.01. The SMILES string of the molecule is COC(=O)C1=C(c2ccc(F)cc2)NC(SC)=NC1C(C)C. The zero-order valence-corrected chi connectivity index (χ0v) is 13.8. The molecule has 0 saturated carbocycles. The highest BCUT2D eigenvalue weighted by Gasteiger charge is 2.32. The van der Waals surface area contributed by atoms with E-state index in [0.717, 1.165) is 10.7 Å². The molecular weight excluding hydrogens is 303 g/mol. The molecule has 1 heterocycles. The molecule has 0 saturated heterocycles. The molecule has 1 aliphatic heterocycles. The fraction of sp³-hybridized carbons (Fsp3) is 0.375. The molecule has 1 N–H and O–H groups in total. The van der Waals surface area contributed by atoms with Crippen LogP contribution >= 0.6 is 11.8 Å². The summed E-state index contributed by atoms with van der Waals surface area (Å²) in [6.45, 7) is 4.01. The van der Waals surface area contributed by atoms with Crippen LogP contribution in [-0.4, -0.2) is 30.5 Å². The van der Waals surface area contributed by atoms with Crippen LogP contribution in [0.1, 0.15) is 19.4 Å². The zero-order valence-electron chi connectivity index (χ0n) is 13.0. The summed E-state index contributed by atoms with van der Waals surface area (Å²) in [5, 5.41) is 3.89. The summed E-state index contributed by atoms with van der Waals surface area (Å²) in [5.74, 6) is -0.609. The number of ether oxygens (including phenoxy) is 1. The summed E-state index contributed by atoms with van der Waals surface area (Å²) < 4.78 is 18.1. The van der Waals surface area contributed by atoms with Crippen LogP contribution in [0.2, 0.25) is 0 Å². The van der Waals surface area contributed by atoms with E-state index >= 15 is 0 Å². The van der Waals surface area contributed by atoms with Crippen LogP contribution in [0.25, 0.3) is 5.70 Å². The van der Waals surface area contributed by atoms with E-state index in [9.17, 15) is 9.18 Å². The van der Waals surface area contributed by atoms with Gasteiger partial charge >= 0.3 is 5.97 Å². The zero-order chi connectivity index (χ0) is 16.3. The van der Waals surface area contributed by atoms with E-state index in [-0.39, 0.29) is 17.8 Å². The highest BCUT2D eigenvalue weighted by atomic mass is 32.2. The van der Waals surface area contributed by atoms with Crippen molar-refractivity contribution in [1.82, 2.24) is 5.32 Å². The van der Waals surface area contributed by atoms with Gasteiger partial charge in [0, 0.05) is 0 Å². The largest absolute Gasteiger partial charge is 0.466 e. The van der Waals surface area contributed by atoms with Crippen molar-refractivity contribution in [2.24, 2.45) is 10.9 Å². The Morgan fingerprint density at radius 2 is 2.00 bits per heavy atom. The van der Waals surface area contributed by atoms with E-state index in [4.69, 9.17) is 4.74 Å². The van der Waals surface area contributed by atoms with E-state index < -0.39 is 5.97 Å². The van der Waals surface area contributed by atoms with Crippen LogP contribution in [0.3, 0.4) is 0 Å². The molecule has 0 amide bonds. The Labute approximate surface area is 133 Å².